The molecule has 0 bridgehead atoms. The number of amides is 1. The normalized spacial score (nSPS) is 22.0. The van der Waals surface area contributed by atoms with Crippen LogP contribution in [0.4, 0.5) is 0 Å². The first kappa shape index (κ1) is 17.6. The van der Waals surface area contributed by atoms with Crippen LogP contribution < -0.4 is 0 Å². The number of nitrogens with zero attached hydrogens (tertiary/aromatic N) is 2. The Labute approximate surface area is 159 Å². The Hall–Kier alpha value is -1.78. The maximum atomic E-state index is 12.4. The van der Waals surface area contributed by atoms with Crippen LogP contribution >= 0.6 is 11.6 Å². The fourth-order valence-electron chi connectivity index (χ4n) is 4.38. The van der Waals surface area contributed by atoms with Crippen LogP contribution in [0.2, 0.25) is 5.02 Å². The smallest absolute Gasteiger partial charge is 0.257 e. The molecule has 1 aromatic heterocycles. The van der Waals surface area contributed by atoms with Crippen molar-refractivity contribution in [3.63, 3.8) is 0 Å². The molecule has 1 atom stereocenters. The molecule has 138 valence electrons. The quantitative estimate of drug-likeness (QED) is 0.802. The summed E-state index contributed by atoms with van der Waals surface area (Å²) in [6, 6.07) is 9.93. The van der Waals surface area contributed by atoms with Gasteiger partial charge in [-0.25, -0.2) is 0 Å². The highest BCUT2D eigenvalue weighted by atomic mass is 35.5. The summed E-state index contributed by atoms with van der Waals surface area (Å²) in [4.78, 5) is 16.9. The lowest BCUT2D eigenvalue weighted by Gasteiger charge is -2.34. The average Bonchev–Trinajstić information content (AvgIpc) is 3.35. The van der Waals surface area contributed by atoms with Crippen LogP contribution in [0.1, 0.15) is 35.2 Å². The molecule has 4 nitrogen and oxygen atoms in total. The first-order valence-electron chi connectivity index (χ1n) is 9.47. The number of carbonyl (C=O) groups excluding carboxylic acids is 1. The number of piperidine rings is 1. The van der Waals surface area contributed by atoms with Gasteiger partial charge in [-0.3, -0.25) is 9.69 Å². The molecule has 0 N–H and O–H groups in total. The predicted molar refractivity (Wildman–Crippen MR) is 102 cm³/mol. The number of rotatable bonds is 4. The molecule has 2 saturated heterocycles. The molecule has 3 heterocycles. The van der Waals surface area contributed by atoms with Gasteiger partial charge in [-0.15, -0.1) is 0 Å². The average molecular weight is 373 g/mol. The zero-order valence-corrected chi connectivity index (χ0v) is 15.7. The number of likely N-dealkylation sites (tertiary alicyclic amines) is 2. The Morgan fingerprint density at radius 2 is 1.77 bits per heavy atom. The molecule has 2 fully saturated rings. The number of benzene rings is 1. The predicted octanol–water partition coefficient (Wildman–Crippen LogP) is 4.31. The SMILES string of the molecule is O=C(c1ccoc1)N1CCC(C2CCN(Cc3ccc(Cl)cc3)C2)CC1. The molecule has 2 aliphatic heterocycles. The standard InChI is InChI=1S/C21H25ClN2O2/c22-20-3-1-16(2-4-20)13-23-9-5-18(14-23)17-6-10-24(11-7-17)21(25)19-8-12-26-15-19/h1-4,8,12,15,17-18H,5-7,9-11,13-14H2. The molecular weight excluding hydrogens is 348 g/mol. The molecule has 2 aromatic rings. The van der Waals surface area contributed by atoms with Gasteiger partial charge < -0.3 is 9.32 Å². The molecule has 0 spiro atoms. The molecule has 1 unspecified atom stereocenters. The minimum atomic E-state index is 0.105. The third kappa shape index (κ3) is 3.97. The summed E-state index contributed by atoms with van der Waals surface area (Å²) in [6.07, 6.45) is 6.60. The molecule has 0 saturated carbocycles. The lowest BCUT2D eigenvalue weighted by molar-refractivity contribution is 0.0658. The highest BCUT2D eigenvalue weighted by Gasteiger charge is 2.33. The third-order valence-electron chi connectivity index (χ3n) is 5.89. The lowest BCUT2D eigenvalue weighted by Crippen LogP contribution is -2.40. The van der Waals surface area contributed by atoms with Gasteiger partial charge in [0, 0.05) is 31.2 Å². The summed E-state index contributed by atoms with van der Waals surface area (Å²) in [5.41, 5.74) is 1.99. The summed E-state index contributed by atoms with van der Waals surface area (Å²) in [5.74, 6) is 1.60. The van der Waals surface area contributed by atoms with Crippen LogP contribution in [0.3, 0.4) is 0 Å². The van der Waals surface area contributed by atoms with E-state index < -0.39 is 0 Å². The maximum Gasteiger partial charge on any atom is 0.257 e. The molecule has 5 heteroatoms. The molecular formula is C21H25ClN2O2. The molecule has 1 amide bonds. The van der Waals surface area contributed by atoms with Crippen molar-refractivity contribution >= 4 is 17.5 Å². The number of halogens is 1. The van der Waals surface area contributed by atoms with Gasteiger partial charge in [0.05, 0.1) is 11.8 Å². The fraction of sp³-hybridized carbons (Fsp3) is 0.476. The highest BCUT2D eigenvalue weighted by Crippen LogP contribution is 2.33. The summed E-state index contributed by atoms with van der Waals surface area (Å²) in [5, 5.41) is 0.796. The van der Waals surface area contributed by atoms with E-state index in [1.807, 2.05) is 17.0 Å². The van der Waals surface area contributed by atoms with Crippen LogP contribution in [0.5, 0.6) is 0 Å². The zero-order valence-electron chi connectivity index (χ0n) is 14.9. The molecule has 2 aliphatic rings. The summed E-state index contributed by atoms with van der Waals surface area (Å²) in [6.45, 7) is 5.07. The van der Waals surface area contributed by atoms with Crippen molar-refractivity contribution in [1.82, 2.24) is 9.80 Å². The van der Waals surface area contributed by atoms with Gasteiger partial charge in [-0.1, -0.05) is 23.7 Å². The van der Waals surface area contributed by atoms with E-state index in [9.17, 15) is 4.79 Å². The lowest BCUT2D eigenvalue weighted by atomic mass is 9.83. The number of hydrogen-bond donors (Lipinski definition) is 0. The van der Waals surface area contributed by atoms with E-state index in [0.717, 1.165) is 49.3 Å². The minimum Gasteiger partial charge on any atom is -0.472 e. The van der Waals surface area contributed by atoms with Crippen LogP contribution in [0, 0.1) is 11.8 Å². The van der Waals surface area contributed by atoms with Gasteiger partial charge in [0.2, 0.25) is 0 Å². The van der Waals surface area contributed by atoms with Crippen LogP contribution in [-0.4, -0.2) is 41.9 Å². The largest absolute Gasteiger partial charge is 0.472 e. The Kier molecular flexibility index (Phi) is 5.32. The Balaban J connectivity index is 1.26. The summed E-state index contributed by atoms with van der Waals surface area (Å²) in [7, 11) is 0. The maximum absolute atomic E-state index is 12.4. The van der Waals surface area contributed by atoms with Gasteiger partial charge in [0.25, 0.3) is 5.91 Å². The molecule has 0 radical (unpaired) electrons. The van der Waals surface area contributed by atoms with Crippen molar-refractivity contribution in [2.45, 2.75) is 25.8 Å². The zero-order chi connectivity index (χ0) is 17.9. The first-order chi connectivity index (χ1) is 12.7. The van der Waals surface area contributed by atoms with E-state index in [4.69, 9.17) is 16.0 Å². The number of furan rings is 1. The van der Waals surface area contributed by atoms with E-state index in [2.05, 4.69) is 17.0 Å². The Bertz CT molecular complexity index is 721. The fourth-order valence-corrected chi connectivity index (χ4v) is 4.51. The van der Waals surface area contributed by atoms with Gasteiger partial charge in [-0.2, -0.15) is 0 Å². The summed E-state index contributed by atoms with van der Waals surface area (Å²) < 4.78 is 5.04. The molecule has 0 aliphatic carbocycles. The molecule has 26 heavy (non-hydrogen) atoms. The van der Waals surface area contributed by atoms with Crippen molar-refractivity contribution in [3.8, 4) is 0 Å². The van der Waals surface area contributed by atoms with Crippen LogP contribution in [0.15, 0.2) is 47.3 Å². The Morgan fingerprint density at radius 1 is 1.04 bits per heavy atom. The van der Waals surface area contributed by atoms with Gasteiger partial charge in [0.1, 0.15) is 6.26 Å². The van der Waals surface area contributed by atoms with Crippen LogP contribution in [0.25, 0.3) is 0 Å². The third-order valence-corrected chi connectivity index (χ3v) is 6.14. The minimum absolute atomic E-state index is 0.105. The van der Waals surface area contributed by atoms with Gasteiger partial charge >= 0.3 is 0 Å². The molecule has 4 rings (SSSR count). The second-order valence-corrected chi connectivity index (χ2v) is 7.99. The van der Waals surface area contributed by atoms with Crippen molar-refractivity contribution < 1.29 is 9.21 Å². The van der Waals surface area contributed by atoms with Crippen molar-refractivity contribution in [3.05, 3.63) is 59.0 Å². The van der Waals surface area contributed by atoms with E-state index in [0.29, 0.717) is 5.56 Å². The van der Waals surface area contributed by atoms with Crippen LogP contribution in [-0.2, 0) is 6.54 Å². The van der Waals surface area contributed by atoms with Gasteiger partial charge in [-0.05, 0) is 61.4 Å². The van der Waals surface area contributed by atoms with E-state index >= 15 is 0 Å². The second kappa shape index (κ2) is 7.85. The van der Waals surface area contributed by atoms with E-state index in [1.165, 1.54) is 25.1 Å². The van der Waals surface area contributed by atoms with Crippen molar-refractivity contribution in [2.75, 3.05) is 26.2 Å². The van der Waals surface area contributed by atoms with Gasteiger partial charge in [0.15, 0.2) is 0 Å². The summed E-state index contributed by atoms with van der Waals surface area (Å²) >= 11 is 5.97. The van der Waals surface area contributed by atoms with Crippen molar-refractivity contribution in [1.29, 1.82) is 0 Å². The highest BCUT2D eigenvalue weighted by molar-refractivity contribution is 6.30. The first-order valence-corrected chi connectivity index (χ1v) is 9.85. The Morgan fingerprint density at radius 3 is 2.46 bits per heavy atom. The van der Waals surface area contributed by atoms with E-state index in [-0.39, 0.29) is 5.91 Å². The molecule has 1 aromatic carbocycles. The number of hydrogen-bond acceptors (Lipinski definition) is 3. The number of carbonyl (C=O) groups is 1. The van der Waals surface area contributed by atoms with E-state index in [1.54, 1.807) is 18.6 Å². The van der Waals surface area contributed by atoms with Crippen molar-refractivity contribution in [2.24, 2.45) is 11.8 Å². The monoisotopic (exact) mass is 372 g/mol. The topological polar surface area (TPSA) is 36.7 Å². The second-order valence-electron chi connectivity index (χ2n) is 7.55.